The van der Waals surface area contributed by atoms with Crippen LogP contribution in [0.15, 0.2) is 0 Å². The second kappa shape index (κ2) is 9.25. The molecule has 2 atom stereocenters. The topological polar surface area (TPSA) is 62.8 Å². The lowest BCUT2D eigenvalue weighted by atomic mass is 10.1. The first-order valence-corrected chi connectivity index (χ1v) is 6.92. The first-order chi connectivity index (χ1) is 9.19. The summed E-state index contributed by atoms with van der Waals surface area (Å²) < 4.78 is 10.1. The molecule has 0 aromatic rings. The molecule has 19 heavy (non-hydrogen) atoms. The van der Waals surface area contributed by atoms with E-state index in [9.17, 15) is 4.79 Å². The summed E-state index contributed by atoms with van der Waals surface area (Å²) in [4.78, 5) is 14.3. The standard InChI is InChI=1S/C13H27N3O3/c1-11-9-15-12(10-14-11)13(17)16(6-8-19-3)5-4-7-18-2/h11-12,14-15H,4-10H2,1-3H3. The van der Waals surface area contributed by atoms with Crippen molar-refractivity contribution in [3.05, 3.63) is 0 Å². The molecule has 0 radical (unpaired) electrons. The van der Waals surface area contributed by atoms with E-state index < -0.39 is 0 Å². The second-order valence-electron chi connectivity index (χ2n) is 4.93. The molecule has 112 valence electrons. The van der Waals surface area contributed by atoms with E-state index in [1.807, 2.05) is 4.90 Å². The highest BCUT2D eigenvalue weighted by atomic mass is 16.5. The minimum Gasteiger partial charge on any atom is -0.385 e. The van der Waals surface area contributed by atoms with Crippen LogP contribution in [0.5, 0.6) is 0 Å². The Balaban J connectivity index is 2.44. The number of nitrogens with one attached hydrogen (secondary N) is 2. The number of nitrogens with zero attached hydrogens (tertiary/aromatic N) is 1. The van der Waals surface area contributed by atoms with Crippen molar-refractivity contribution in [3.63, 3.8) is 0 Å². The number of rotatable bonds is 8. The fraction of sp³-hybridized carbons (Fsp3) is 0.923. The minimum atomic E-state index is -0.129. The van der Waals surface area contributed by atoms with Crippen LogP contribution in [-0.2, 0) is 14.3 Å². The molecule has 6 nitrogen and oxygen atoms in total. The summed E-state index contributed by atoms with van der Waals surface area (Å²) in [6.45, 7) is 6.20. The fourth-order valence-corrected chi connectivity index (χ4v) is 2.11. The van der Waals surface area contributed by atoms with Gasteiger partial charge in [-0.1, -0.05) is 0 Å². The van der Waals surface area contributed by atoms with E-state index in [1.54, 1.807) is 14.2 Å². The molecule has 1 saturated heterocycles. The van der Waals surface area contributed by atoms with E-state index in [0.717, 1.165) is 13.0 Å². The first kappa shape index (κ1) is 16.4. The van der Waals surface area contributed by atoms with Gasteiger partial charge < -0.3 is 25.0 Å². The highest BCUT2D eigenvalue weighted by Crippen LogP contribution is 2.01. The van der Waals surface area contributed by atoms with Gasteiger partial charge in [-0.25, -0.2) is 0 Å². The monoisotopic (exact) mass is 273 g/mol. The predicted octanol–water partition coefficient (Wildman–Crippen LogP) is -0.552. The van der Waals surface area contributed by atoms with Gasteiger partial charge in [-0.2, -0.15) is 0 Å². The van der Waals surface area contributed by atoms with Crippen molar-refractivity contribution >= 4 is 5.91 Å². The van der Waals surface area contributed by atoms with Crippen molar-refractivity contribution in [2.75, 3.05) is 53.6 Å². The maximum absolute atomic E-state index is 12.4. The Labute approximate surface area is 115 Å². The second-order valence-corrected chi connectivity index (χ2v) is 4.93. The quantitative estimate of drug-likeness (QED) is 0.581. The molecule has 0 bridgehead atoms. The zero-order chi connectivity index (χ0) is 14.1. The van der Waals surface area contributed by atoms with Crippen molar-refractivity contribution < 1.29 is 14.3 Å². The number of hydrogen-bond donors (Lipinski definition) is 2. The van der Waals surface area contributed by atoms with Gasteiger partial charge >= 0.3 is 0 Å². The predicted molar refractivity (Wildman–Crippen MR) is 74.2 cm³/mol. The molecule has 1 rings (SSSR count). The van der Waals surface area contributed by atoms with Crippen LogP contribution in [0.2, 0.25) is 0 Å². The average molecular weight is 273 g/mol. The number of ether oxygens (including phenoxy) is 2. The maximum atomic E-state index is 12.4. The Morgan fingerprint density at radius 1 is 1.16 bits per heavy atom. The SMILES string of the molecule is COCCCN(CCOC)C(=O)C1CNC(C)CN1. The number of amides is 1. The third-order valence-corrected chi connectivity index (χ3v) is 3.29. The molecule has 0 aromatic carbocycles. The smallest absolute Gasteiger partial charge is 0.241 e. The van der Waals surface area contributed by atoms with Gasteiger partial charge in [-0.3, -0.25) is 4.79 Å². The van der Waals surface area contributed by atoms with Crippen LogP contribution >= 0.6 is 0 Å². The van der Waals surface area contributed by atoms with Crippen LogP contribution in [0.25, 0.3) is 0 Å². The third-order valence-electron chi connectivity index (χ3n) is 3.29. The van der Waals surface area contributed by atoms with E-state index in [-0.39, 0.29) is 11.9 Å². The van der Waals surface area contributed by atoms with Gasteiger partial charge in [0.1, 0.15) is 0 Å². The molecule has 0 saturated carbocycles. The van der Waals surface area contributed by atoms with Crippen LogP contribution in [0.4, 0.5) is 0 Å². The highest BCUT2D eigenvalue weighted by Gasteiger charge is 2.27. The molecule has 0 spiro atoms. The Kier molecular flexibility index (Phi) is 7.97. The summed E-state index contributed by atoms with van der Waals surface area (Å²) in [7, 11) is 3.33. The van der Waals surface area contributed by atoms with Crippen molar-refractivity contribution in [2.45, 2.75) is 25.4 Å². The molecule has 0 aliphatic carbocycles. The molecular weight excluding hydrogens is 246 g/mol. The lowest BCUT2D eigenvalue weighted by Gasteiger charge is -2.32. The third kappa shape index (κ3) is 5.86. The van der Waals surface area contributed by atoms with Crippen molar-refractivity contribution in [2.24, 2.45) is 0 Å². The zero-order valence-electron chi connectivity index (χ0n) is 12.3. The molecule has 6 heteroatoms. The van der Waals surface area contributed by atoms with Crippen molar-refractivity contribution in [1.82, 2.24) is 15.5 Å². The first-order valence-electron chi connectivity index (χ1n) is 6.92. The molecule has 1 aliphatic heterocycles. The van der Waals surface area contributed by atoms with E-state index in [4.69, 9.17) is 9.47 Å². The average Bonchev–Trinajstić information content (AvgIpc) is 2.43. The van der Waals surface area contributed by atoms with Crippen LogP contribution in [0.3, 0.4) is 0 Å². The van der Waals surface area contributed by atoms with Crippen LogP contribution < -0.4 is 10.6 Å². The van der Waals surface area contributed by atoms with Crippen LogP contribution in [-0.4, -0.2) is 76.5 Å². The van der Waals surface area contributed by atoms with E-state index in [0.29, 0.717) is 38.9 Å². The summed E-state index contributed by atoms with van der Waals surface area (Å²) in [5.74, 6) is 0.146. The van der Waals surface area contributed by atoms with E-state index >= 15 is 0 Å². The van der Waals surface area contributed by atoms with E-state index in [1.165, 1.54) is 0 Å². The lowest BCUT2D eigenvalue weighted by molar-refractivity contribution is -0.134. The summed E-state index contributed by atoms with van der Waals surface area (Å²) in [5.41, 5.74) is 0. The molecule has 1 amide bonds. The molecule has 1 fully saturated rings. The molecular formula is C13H27N3O3. The zero-order valence-corrected chi connectivity index (χ0v) is 12.3. The van der Waals surface area contributed by atoms with Crippen molar-refractivity contribution in [3.8, 4) is 0 Å². The molecule has 0 aromatic heterocycles. The Bertz CT molecular complexity index is 256. The molecule has 1 aliphatic rings. The van der Waals surface area contributed by atoms with Gasteiger partial charge in [0.25, 0.3) is 0 Å². The number of carbonyl (C=O) groups is 1. The van der Waals surface area contributed by atoms with Crippen LogP contribution in [0.1, 0.15) is 13.3 Å². The molecule has 2 N–H and O–H groups in total. The number of hydrogen-bond acceptors (Lipinski definition) is 5. The highest BCUT2D eigenvalue weighted by molar-refractivity contribution is 5.82. The normalized spacial score (nSPS) is 23.3. The summed E-state index contributed by atoms with van der Waals surface area (Å²) >= 11 is 0. The minimum absolute atomic E-state index is 0.129. The number of carbonyl (C=O) groups excluding carboxylic acids is 1. The van der Waals surface area contributed by atoms with Crippen LogP contribution in [0, 0.1) is 0 Å². The number of methoxy groups -OCH3 is 2. The Morgan fingerprint density at radius 2 is 1.89 bits per heavy atom. The van der Waals surface area contributed by atoms with E-state index in [2.05, 4.69) is 17.6 Å². The summed E-state index contributed by atoms with van der Waals surface area (Å²) in [5, 5.41) is 6.62. The van der Waals surface area contributed by atoms with Gasteiger partial charge in [0.05, 0.1) is 12.6 Å². The largest absolute Gasteiger partial charge is 0.385 e. The van der Waals surface area contributed by atoms with Gasteiger partial charge in [-0.05, 0) is 13.3 Å². The number of piperazine rings is 1. The van der Waals surface area contributed by atoms with Crippen molar-refractivity contribution in [1.29, 1.82) is 0 Å². The maximum Gasteiger partial charge on any atom is 0.241 e. The van der Waals surface area contributed by atoms with Gasteiger partial charge in [0, 0.05) is 53.0 Å². The van der Waals surface area contributed by atoms with Gasteiger partial charge in [0.15, 0.2) is 0 Å². The van der Waals surface area contributed by atoms with Gasteiger partial charge in [0.2, 0.25) is 5.91 Å². The Morgan fingerprint density at radius 3 is 2.47 bits per heavy atom. The molecule has 2 unspecified atom stereocenters. The van der Waals surface area contributed by atoms with Gasteiger partial charge in [-0.15, -0.1) is 0 Å². The molecule has 1 heterocycles. The Hall–Kier alpha value is -0.690. The lowest BCUT2D eigenvalue weighted by Crippen LogP contribution is -2.59. The fourth-order valence-electron chi connectivity index (χ4n) is 2.11. The summed E-state index contributed by atoms with van der Waals surface area (Å²) in [6.07, 6.45) is 0.850. The summed E-state index contributed by atoms with van der Waals surface area (Å²) in [6, 6.07) is 0.292.